The van der Waals surface area contributed by atoms with Gasteiger partial charge in [0.25, 0.3) is 11.8 Å². The number of nitrogens with zero attached hydrogens (tertiary/aromatic N) is 6. The van der Waals surface area contributed by atoms with Crippen LogP contribution in [0.3, 0.4) is 0 Å². The van der Waals surface area contributed by atoms with Crippen molar-refractivity contribution in [2.45, 2.75) is 13.8 Å². The molecule has 0 spiro atoms. The van der Waals surface area contributed by atoms with Crippen LogP contribution < -0.4 is 20.3 Å². The molecule has 0 aliphatic heterocycles. The van der Waals surface area contributed by atoms with Crippen LogP contribution in [0.15, 0.2) is 116 Å². The molecule has 6 rings (SSSR count). The summed E-state index contributed by atoms with van der Waals surface area (Å²) in [5.41, 5.74) is 4.21. The Labute approximate surface area is 280 Å². The fraction of sp³-hybridized carbons (Fsp3) is 0.0833. The van der Waals surface area contributed by atoms with Crippen LogP contribution in [0.1, 0.15) is 32.1 Å². The molecule has 49 heavy (non-hydrogen) atoms. The average molecular weight is 661 g/mol. The largest absolute Gasteiger partial charge is 0.454 e. The zero-order valence-corrected chi connectivity index (χ0v) is 26.6. The van der Waals surface area contributed by atoms with Gasteiger partial charge >= 0.3 is 0 Å². The zero-order valence-electron chi connectivity index (χ0n) is 26.6. The lowest BCUT2D eigenvalue weighted by Gasteiger charge is -2.20. The molecule has 2 N–H and O–H groups in total. The predicted octanol–water partition coefficient (Wildman–Crippen LogP) is 7.31. The van der Waals surface area contributed by atoms with Crippen molar-refractivity contribution in [3.63, 3.8) is 0 Å². The van der Waals surface area contributed by atoms with Crippen LogP contribution in [0.2, 0.25) is 0 Å². The number of nitrogens with one attached hydrogen (secondary N) is 2. The highest BCUT2D eigenvalue weighted by Crippen LogP contribution is 2.28. The van der Waals surface area contributed by atoms with Gasteiger partial charge in [0.15, 0.2) is 5.75 Å². The van der Waals surface area contributed by atoms with Crippen LogP contribution in [0.25, 0.3) is 0 Å². The van der Waals surface area contributed by atoms with E-state index in [1.54, 1.807) is 60.7 Å². The smallest absolute Gasteiger partial charge is 0.274 e. The summed E-state index contributed by atoms with van der Waals surface area (Å²) in [6, 6.07) is 20.7. The van der Waals surface area contributed by atoms with Crippen molar-refractivity contribution in [3.8, 4) is 11.5 Å². The highest BCUT2D eigenvalue weighted by molar-refractivity contribution is 6.04. The molecule has 6 aromatic rings. The fourth-order valence-corrected chi connectivity index (χ4v) is 4.47. The number of hydrogen-bond donors (Lipinski definition) is 2. The lowest BCUT2D eigenvalue weighted by molar-refractivity contribution is 0.101. The first-order chi connectivity index (χ1) is 23.6. The molecule has 0 bridgehead atoms. The summed E-state index contributed by atoms with van der Waals surface area (Å²) in [5, 5.41) is 5.40. The summed E-state index contributed by atoms with van der Waals surface area (Å²) in [6.45, 7) is 3.70. The van der Waals surface area contributed by atoms with Crippen LogP contribution >= 0.6 is 0 Å². The first kappa shape index (κ1) is 33.7. The summed E-state index contributed by atoms with van der Waals surface area (Å²) >= 11 is 0. The monoisotopic (exact) mass is 660 g/mol. The number of benzene rings is 3. The molecule has 0 saturated carbocycles. The molecule has 246 valence electrons. The van der Waals surface area contributed by atoms with E-state index in [0.717, 1.165) is 11.3 Å². The van der Waals surface area contributed by atoms with Crippen molar-refractivity contribution < 1.29 is 23.1 Å². The van der Waals surface area contributed by atoms with Gasteiger partial charge in [0, 0.05) is 41.8 Å². The number of pyridine rings is 1. The highest BCUT2D eigenvalue weighted by atomic mass is 19.1. The third kappa shape index (κ3) is 9.45. The molecule has 0 aliphatic carbocycles. The number of rotatable bonds is 8. The average Bonchev–Trinajstić information content (AvgIpc) is 3.09. The lowest BCUT2D eigenvalue weighted by atomic mass is 10.1. The van der Waals surface area contributed by atoms with Crippen LogP contribution in [0.4, 0.5) is 31.5 Å². The third-order valence-electron chi connectivity index (χ3n) is 6.80. The summed E-state index contributed by atoms with van der Waals surface area (Å²) in [6.07, 6.45) is 8.85. The number of ether oxygens (including phenoxy) is 1. The molecule has 3 heterocycles. The maximum atomic E-state index is 14.2. The Morgan fingerprint density at radius 3 is 2.12 bits per heavy atom. The molecule has 11 nitrogen and oxygen atoms in total. The van der Waals surface area contributed by atoms with Gasteiger partial charge in [-0.1, -0.05) is 23.8 Å². The van der Waals surface area contributed by atoms with Crippen LogP contribution in [-0.2, 0) is 0 Å². The normalized spacial score (nSPS) is 10.3. The van der Waals surface area contributed by atoms with Gasteiger partial charge < -0.3 is 20.3 Å². The number of carbonyl (C=O) groups excluding carboxylic acids is 2. The molecular weight excluding hydrogens is 630 g/mol. The van der Waals surface area contributed by atoms with Gasteiger partial charge in [-0.15, -0.1) is 0 Å². The van der Waals surface area contributed by atoms with Crippen LogP contribution in [0, 0.1) is 25.5 Å². The SMILES string of the molecule is Cc1cccc(C(=O)Nc2cc(F)cc(Oc3cncnc3)c2)c1.Cc1cccc(C(=O)Nc2ccc(F)c(N(C)c3cncnc3)c2)n1. The van der Waals surface area contributed by atoms with Gasteiger partial charge in [-0.05, 0) is 62.4 Å². The Balaban J connectivity index is 0.000000191. The minimum Gasteiger partial charge on any atom is -0.454 e. The molecular formula is C36H30F2N8O3. The Kier molecular flexibility index (Phi) is 10.9. The Morgan fingerprint density at radius 2 is 1.41 bits per heavy atom. The van der Waals surface area contributed by atoms with E-state index in [-0.39, 0.29) is 17.6 Å². The molecule has 3 aromatic heterocycles. The zero-order chi connectivity index (χ0) is 34.8. The van der Waals surface area contributed by atoms with Gasteiger partial charge in [-0.2, -0.15) is 0 Å². The number of carbonyl (C=O) groups is 2. The fourth-order valence-electron chi connectivity index (χ4n) is 4.47. The molecule has 0 radical (unpaired) electrons. The molecule has 0 unspecified atom stereocenters. The second kappa shape index (κ2) is 15.8. The summed E-state index contributed by atoms with van der Waals surface area (Å²) in [5.74, 6) is -1.00. The number of aryl methyl sites for hydroxylation is 2. The summed E-state index contributed by atoms with van der Waals surface area (Å²) in [7, 11) is 1.70. The van der Waals surface area contributed by atoms with Crippen LogP contribution in [-0.4, -0.2) is 43.8 Å². The van der Waals surface area contributed by atoms with Crippen molar-refractivity contribution in [3.05, 3.63) is 150 Å². The molecule has 2 amide bonds. The van der Waals surface area contributed by atoms with Gasteiger partial charge in [0.2, 0.25) is 0 Å². The van der Waals surface area contributed by atoms with E-state index < -0.39 is 11.6 Å². The number of amides is 2. The Bertz CT molecular complexity index is 2070. The second-order valence-electron chi connectivity index (χ2n) is 10.6. The van der Waals surface area contributed by atoms with Gasteiger partial charge in [-0.3, -0.25) is 9.59 Å². The third-order valence-corrected chi connectivity index (χ3v) is 6.80. The topological polar surface area (TPSA) is 135 Å². The number of aromatic nitrogens is 5. The first-order valence-electron chi connectivity index (χ1n) is 14.8. The van der Waals surface area contributed by atoms with E-state index in [9.17, 15) is 18.4 Å². The van der Waals surface area contributed by atoms with Crippen LogP contribution in [0.5, 0.6) is 11.5 Å². The van der Waals surface area contributed by atoms with E-state index in [1.807, 2.05) is 26.0 Å². The van der Waals surface area contributed by atoms with Gasteiger partial charge in [-0.25, -0.2) is 33.7 Å². The van der Waals surface area contributed by atoms with E-state index >= 15 is 0 Å². The first-order valence-corrected chi connectivity index (χ1v) is 14.8. The van der Waals surface area contributed by atoms with Gasteiger partial charge in [0.05, 0.1) is 36.2 Å². The van der Waals surface area contributed by atoms with Crippen molar-refractivity contribution >= 4 is 34.6 Å². The van der Waals surface area contributed by atoms with Gasteiger partial charge in [0.1, 0.15) is 35.7 Å². The summed E-state index contributed by atoms with van der Waals surface area (Å²) < 4.78 is 33.5. The predicted molar refractivity (Wildman–Crippen MR) is 181 cm³/mol. The van der Waals surface area contributed by atoms with E-state index in [4.69, 9.17) is 4.74 Å². The molecule has 0 fully saturated rings. The van der Waals surface area contributed by atoms with Crippen molar-refractivity contribution in [1.82, 2.24) is 24.9 Å². The van der Waals surface area contributed by atoms with E-state index in [1.165, 1.54) is 55.4 Å². The lowest BCUT2D eigenvalue weighted by Crippen LogP contribution is -2.16. The maximum Gasteiger partial charge on any atom is 0.274 e. The second-order valence-corrected chi connectivity index (χ2v) is 10.6. The minimum atomic E-state index is -0.524. The Morgan fingerprint density at radius 1 is 0.714 bits per heavy atom. The highest BCUT2D eigenvalue weighted by Gasteiger charge is 2.14. The molecule has 13 heteroatoms. The summed E-state index contributed by atoms with van der Waals surface area (Å²) in [4.78, 5) is 45.8. The van der Waals surface area contributed by atoms with Crippen molar-refractivity contribution in [2.75, 3.05) is 22.6 Å². The molecule has 0 aliphatic rings. The standard InChI is InChI=1S/C18H16FN5O.C18H14FN3O2/c1-12-4-3-5-16(22-12)18(25)23-13-6-7-15(19)17(8-13)24(2)14-9-20-11-21-10-14;1-12-3-2-4-13(5-12)18(23)22-15-6-14(19)7-16(8-15)24-17-9-20-11-21-10-17/h3-11H,1-2H3,(H,23,25);2-11H,1H3,(H,22,23). The molecule has 0 atom stereocenters. The van der Waals surface area contributed by atoms with E-state index in [0.29, 0.717) is 39.8 Å². The van der Waals surface area contributed by atoms with Crippen molar-refractivity contribution in [2.24, 2.45) is 0 Å². The van der Waals surface area contributed by atoms with Crippen molar-refractivity contribution in [1.29, 1.82) is 0 Å². The van der Waals surface area contributed by atoms with E-state index in [2.05, 4.69) is 35.6 Å². The number of halogens is 2. The molecule has 3 aromatic carbocycles. The minimum absolute atomic E-state index is 0.240. The number of hydrogen-bond acceptors (Lipinski definition) is 9. The quantitative estimate of drug-likeness (QED) is 0.172. The molecule has 0 saturated heterocycles. The Hall–Kier alpha value is -6.63. The maximum absolute atomic E-state index is 14.2. The number of anilines is 4.